The second kappa shape index (κ2) is 18.7. The molecule has 0 atom stereocenters. The van der Waals surface area contributed by atoms with Crippen LogP contribution < -0.4 is 16.0 Å². The Morgan fingerprint density at radius 3 is 0.564 bits per heavy atom. The molecule has 0 aromatic heterocycles. The normalized spacial score (nSPS) is 15.9. The van der Waals surface area contributed by atoms with Crippen molar-refractivity contribution in [1.82, 2.24) is 16.0 Å². The minimum atomic E-state index is -0.253. The first-order valence-corrected chi connectivity index (χ1v) is 18.4. The van der Waals surface area contributed by atoms with E-state index in [1.165, 1.54) is 33.4 Å². The number of rotatable bonds is 6. The van der Waals surface area contributed by atoms with Gasteiger partial charge < -0.3 is 16.0 Å². The Hall–Kier alpha value is -6.22. The van der Waals surface area contributed by atoms with Gasteiger partial charge in [0.15, 0.2) is 0 Å². The molecule has 0 amide bonds. The molecule has 0 saturated carbocycles. The van der Waals surface area contributed by atoms with Gasteiger partial charge in [-0.15, -0.1) is 0 Å². The van der Waals surface area contributed by atoms with Gasteiger partial charge in [0.05, 0.1) is 0 Å². The summed E-state index contributed by atoms with van der Waals surface area (Å²) in [4.78, 5) is 0. The van der Waals surface area contributed by atoms with E-state index in [0.717, 1.165) is 0 Å². The van der Waals surface area contributed by atoms with Gasteiger partial charge in [0, 0.05) is 19.5 Å². The van der Waals surface area contributed by atoms with Crippen LogP contribution in [-0.4, -0.2) is 0 Å². The summed E-state index contributed by atoms with van der Waals surface area (Å²) in [5.74, 6) is 0. The SMILES string of the molecule is C1=CNC(c2ccccc2)(c2ccccc2)C=C1.C1=CNC(c2ccccc2)(c2ccccc2)C=C1.C1=CNC(c2ccccc2)(c2ccccc2)C=C1.[Ru]. The standard InChI is InChI=1S/3C17H15N.Ru/c3*1-3-9-15(10-4-1)17(13-7-8-14-18-17)16-11-5-2-6-12-16;/h3*1-14,18H;. The van der Waals surface area contributed by atoms with Crippen molar-refractivity contribution in [2.75, 3.05) is 0 Å². The van der Waals surface area contributed by atoms with Crippen LogP contribution >= 0.6 is 0 Å². The van der Waals surface area contributed by atoms with Gasteiger partial charge in [-0.3, -0.25) is 0 Å². The summed E-state index contributed by atoms with van der Waals surface area (Å²) in [5, 5.41) is 10.5. The molecule has 3 aliphatic rings. The fraction of sp³-hybridized carbons (Fsp3) is 0.0588. The van der Waals surface area contributed by atoms with Crippen molar-refractivity contribution in [3.8, 4) is 0 Å². The molecule has 0 bridgehead atoms. The minimum absolute atomic E-state index is 0. The molecule has 0 fully saturated rings. The maximum absolute atomic E-state index is 3.50. The smallest absolute Gasteiger partial charge is 0.107 e. The minimum Gasteiger partial charge on any atom is -0.374 e. The summed E-state index contributed by atoms with van der Waals surface area (Å²) in [6, 6.07) is 63.1. The Morgan fingerprint density at radius 2 is 0.418 bits per heavy atom. The van der Waals surface area contributed by atoms with Crippen LogP contribution in [0.5, 0.6) is 0 Å². The van der Waals surface area contributed by atoms with E-state index in [9.17, 15) is 0 Å². The average molecular weight is 801 g/mol. The zero-order chi connectivity index (χ0) is 36.8. The number of benzene rings is 6. The summed E-state index contributed by atoms with van der Waals surface area (Å²) < 4.78 is 0. The van der Waals surface area contributed by atoms with E-state index < -0.39 is 0 Å². The summed E-state index contributed by atoms with van der Waals surface area (Å²) in [6.07, 6.45) is 25.0. The molecule has 9 rings (SSSR count). The maximum atomic E-state index is 3.50. The van der Waals surface area contributed by atoms with Gasteiger partial charge in [-0.05, 0) is 70.2 Å². The topological polar surface area (TPSA) is 36.1 Å². The van der Waals surface area contributed by atoms with Gasteiger partial charge in [0.1, 0.15) is 16.6 Å². The van der Waals surface area contributed by atoms with Crippen LogP contribution in [0.15, 0.2) is 255 Å². The number of hydrogen-bond donors (Lipinski definition) is 3. The Morgan fingerprint density at radius 1 is 0.236 bits per heavy atom. The molecular formula is C51H45N3Ru. The summed E-state index contributed by atoms with van der Waals surface area (Å²) in [5.41, 5.74) is 6.72. The van der Waals surface area contributed by atoms with Crippen molar-refractivity contribution >= 4 is 0 Å². The van der Waals surface area contributed by atoms with Crippen molar-refractivity contribution in [1.29, 1.82) is 0 Å². The van der Waals surface area contributed by atoms with Crippen LogP contribution in [0.2, 0.25) is 0 Å². The first kappa shape index (κ1) is 38.5. The van der Waals surface area contributed by atoms with Crippen molar-refractivity contribution in [2.45, 2.75) is 16.6 Å². The third-order valence-electron chi connectivity index (χ3n) is 9.97. The van der Waals surface area contributed by atoms with Gasteiger partial charge >= 0.3 is 0 Å². The first-order chi connectivity index (χ1) is 26.8. The molecular weight excluding hydrogens is 756 g/mol. The van der Waals surface area contributed by atoms with E-state index in [1.807, 2.05) is 73.2 Å². The molecule has 0 aliphatic carbocycles. The third-order valence-corrected chi connectivity index (χ3v) is 9.97. The van der Waals surface area contributed by atoms with Crippen molar-refractivity contribution in [2.24, 2.45) is 0 Å². The predicted molar refractivity (Wildman–Crippen MR) is 225 cm³/mol. The molecule has 0 radical (unpaired) electrons. The predicted octanol–water partition coefficient (Wildman–Crippen LogP) is 10.8. The van der Waals surface area contributed by atoms with Crippen LogP contribution in [0.25, 0.3) is 0 Å². The van der Waals surface area contributed by atoms with Gasteiger partial charge in [0.25, 0.3) is 0 Å². The van der Waals surface area contributed by atoms with E-state index in [2.05, 4.69) is 198 Å². The number of allylic oxidation sites excluding steroid dienone is 6. The fourth-order valence-corrected chi connectivity index (χ4v) is 7.23. The quantitative estimate of drug-likeness (QED) is 0.147. The molecule has 0 saturated heterocycles. The van der Waals surface area contributed by atoms with Crippen LogP contribution in [0.3, 0.4) is 0 Å². The Bertz CT molecular complexity index is 1850. The third kappa shape index (κ3) is 8.62. The molecule has 0 spiro atoms. The molecule has 6 aromatic rings. The number of hydrogen-bond acceptors (Lipinski definition) is 3. The van der Waals surface area contributed by atoms with Gasteiger partial charge in [0.2, 0.25) is 0 Å². The van der Waals surface area contributed by atoms with Gasteiger partial charge in [-0.2, -0.15) is 0 Å². The first-order valence-electron chi connectivity index (χ1n) is 18.4. The second-order valence-electron chi connectivity index (χ2n) is 13.2. The summed E-state index contributed by atoms with van der Waals surface area (Å²) in [6.45, 7) is 0. The molecule has 272 valence electrons. The molecule has 3 nitrogen and oxygen atoms in total. The molecule has 3 heterocycles. The van der Waals surface area contributed by atoms with E-state index in [-0.39, 0.29) is 36.1 Å². The molecule has 3 N–H and O–H groups in total. The van der Waals surface area contributed by atoms with E-state index in [0.29, 0.717) is 0 Å². The molecule has 4 heteroatoms. The average Bonchev–Trinajstić information content (AvgIpc) is 3.29. The Kier molecular flexibility index (Phi) is 13.1. The van der Waals surface area contributed by atoms with Crippen molar-refractivity contribution < 1.29 is 19.5 Å². The molecule has 6 aromatic carbocycles. The van der Waals surface area contributed by atoms with Crippen molar-refractivity contribution in [3.63, 3.8) is 0 Å². The zero-order valence-electron chi connectivity index (χ0n) is 30.6. The van der Waals surface area contributed by atoms with Crippen LogP contribution in [0.4, 0.5) is 0 Å². The molecule has 0 unspecified atom stereocenters. The second-order valence-corrected chi connectivity index (χ2v) is 13.2. The summed E-state index contributed by atoms with van der Waals surface area (Å²) >= 11 is 0. The van der Waals surface area contributed by atoms with E-state index in [4.69, 9.17) is 0 Å². The Balaban J connectivity index is 0.000000139. The molecule has 3 aliphatic heterocycles. The molecule has 55 heavy (non-hydrogen) atoms. The van der Waals surface area contributed by atoms with Gasteiger partial charge in [-0.25, -0.2) is 0 Å². The van der Waals surface area contributed by atoms with E-state index in [1.54, 1.807) is 0 Å². The Labute approximate surface area is 339 Å². The summed E-state index contributed by atoms with van der Waals surface area (Å²) in [7, 11) is 0. The van der Waals surface area contributed by atoms with Crippen molar-refractivity contribution in [3.05, 3.63) is 289 Å². The monoisotopic (exact) mass is 801 g/mol. The fourth-order valence-electron chi connectivity index (χ4n) is 7.23. The zero-order valence-corrected chi connectivity index (χ0v) is 32.3. The van der Waals surface area contributed by atoms with Crippen LogP contribution in [0, 0.1) is 0 Å². The number of dihydropyridines is 3. The maximum Gasteiger partial charge on any atom is 0.107 e. The largest absolute Gasteiger partial charge is 0.374 e. The van der Waals surface area contributed by atoms with Crippen LogP contribution in [-0.2, 0) is 36.1 Å². The van der Waals surface area contributed by atoms with E-state index >= 15 is 0 Å². The number of nitrogens with one attached hydrogen (secondary N) is 3. The van der Waals surface area contributed by atoms with Gasteiger partial charge in [-0.1, -0.05) is 218 Å². The van der Waals surface area contributed by atoms with Crippen LogP contribution in [0.1, 0.15) is 33.4 Å².